The number of likely N-dealkylation sites (tertiary alicyclic amines) is 1. The second-order valence-electron chi connectivity index (χ2n) is 7.63. The van der Waals surface area contributed by atoms with Gasteiger partial charge < -0.3 is 19.1 Å². The molecule has 0 saturated carbocycles. The largest absolute Gasteiger partial charge is 0.499 e. The molecule has 0 amide bonds. The Bertz CT molecular complexity index is 762. The van der Waals surface area contributed by atoms with Crippen LogP contribution in [0.5, 0.6) is 5.75 Å². The van der Waals surface area contributed by atoms with Crippen molar-refractivity contribution in [2.45, 2.75) is 36.8 Å². The van der Waals surface area contributed by atoms with Gasteiger partial charge in [-0.05, 0) is 61.3 Å². The second-order valence-corrected chi connectivity index (χ2v) is 7.63. The highest BCUT2D eigenvalue weighted by Crippen LogP contribution is 2.58. The van der Waals surface area contributed by atoms with Gasteiger partial charge in [-0.3, -0.25) is 0 Å². The molecule has 0 spiro atoms. The van der Waals surface area contributed by atoms with Crippen molar-refractivity contribution in [2.24, 2.45) is 11.1 Å². The summed E-state index contributed by atoms with van der Waals surface area (Å²) >= 11 is 0. The van der Waals surface area contributed by atoms with Crippen molar-refractivity contribution < 1.29 is 14.2 Å². The van der Waals surface area contributed by atoms with Gasteiger partial charge in [0, 0.05) is 24.5 Å². The average Bonchev–Trinajstić information content (AvgIpc) is 2.68. The Morgan fingerprint density at radius 1 is 1.23 bits per heavy atom. The van der Waals surface area contributed by atoms with E-state index in [0.29, 0.717) is 17.5 Å². The number of piperidine rings is 1. The molecule has 1 aromatic rings. The summed E-state index contributed by atoms with van der Waals surface area (Å²) in [6.07, 6.45) is 4.77. The number of nitroso groups, excluding NO2 is 1. The molecule has 2 bridgehead atoms. The molecule has 1 fully saturated rings. The van der Waals surface area contributed by atoms with Crippen LogP contribution < -0.4 is 4.74 Å². The van der Waals surface area contributed by atoms with Crippen LogP contribution in [0, 0.1) is 10.8 Å². The van der Waals surface area contributed by atoms with Crippen LogP contribution in [-0.4, -0.2) is 52.0 Å². The molecule has 3 aliphatic rings. The van der Waals surface area contributed by atoms with Gasteiger partial charge in [0.2, 0.25) is 0 Å². The predicted octanol–water partition coefficient (Wildman–Crippen LogP) is 3.16. The third-order valence-corrected chi connectivity index (χ3v) is 6.73. The fraction of sp³-hybridized carbons (Fsp3) is 0.600. The number of nitrogens with zero attached hydrogens (tertiary/aromatic N) is 2. The Morgan fingerprint density at radius 3 is 2.69 bits per heavy atom. The molecule has 6 nitrogen and oxygen atoms in total. The molecule has 4 atom stereocenters. The molecule has 0 aromatic heterocycles. The molecule has 1 aromatic carbocycles. The summed E-state index contributed by atoms with van der Waals surface area (Å²) in [5.74, 6) is 1.71. The van der Waals surface area contributed by atoms with Crippen LogP contribution in [0.1, 0.15) is 24.0 Å². The Balaban J connectivity index is 1.98. The minimum absolute atomic E-state index is 0.114. The van der Waals surface area contributed by atoms with E-state index in [2.05, 4.69) is 29.3 Å². The van der Waals surface area contributed by atoms with E-state index in [4.69, 9.17) is 14.2 Å². The molecular weight excluding hydrogens is 332 g/mol. The molecule has 6 heteroatoms. The topological polar surface area (TPSA) is 60.4 Å². The first-order valence-electron chi connectivity index (χ1n) is 9.12. The zero-order valence-corrected chi connectivity index (χ0v) is 15.8. The molecule has 1 aliphatic heterocycles. The molecule has 140 valence electrons. The average molecular weight is 358 g/mol. The smallest absolute Gasteiger partial charge is 0.153 e. The van der Waals surface area contributed by atoms with Gasteiger partial charge in [0.25, 0.3) is 0 Å². The van der Waals surface area contributed by atoms with Crippen molar-refractivity contribution >= 4 is 5.69 Å². The van der Waals surface area contributed by atoms with Crippen LogP contribution >= 0.6 is 0 Å². The van der Waals surface area contributed by atoms with Crippen molar-refractivity contribution in [3.63, 3.8) is 0 Å². The lowest BCUT2D eigenvalue weighted by atomic mass is 9.53. The van der Waals surface area contributed by atoms with Gasteiger partial charge in [0.05, 0.1) is 14.2 Å². The summed E-state index contributed by atoms with van der Waals surface area (Å²) in [7, 11) is 7.20. The fourth-order valence-corrected chi connectivity index (χ4v) is 5.47. The van der Waals surface area contributed by atoms with Gasteiger partial charge >= 0.3 is 0 Å². The van der Waals surface area contributed by atoms with E-state index >= 15 is 0 Å². The molecule has 1 heterocycles. The Kier molecular flexibility index (Phi) is 4.28. The van der Waals surface area contributed by atoms with Crippen LogP contribution in [0.25, 0.3) is 0 Å². The molecule has 26 heavy (non-hydrogen) atoms. The van der Waals surface area contributed by atoms with Crippen LogP contribution in [0.15, 0.2) is 29.1 Å². The SMILES string of the molecule is COC1=CC2C3Cc4ccc(OC)c(N=O)c4[C@]2(CCN3C)CC1OC. The summed E-state index contributed by atoms with van der Waals surface area (Å²) < 4.78 is 16.9. The summed E-state index contributed by atoms with van der Waals surface area (Å²) in [6.45, 7) is 0.989. The Morgan fingerprint density at radius 2 is 2.04 bits per heavy atom. The van der Waals surface area contributed by atoms with Crippen molar-refractivity contribution in [1.29, 1.82) is 0 Å². The lowest BCUT2D eigenvalue weighted by Crippen LogP contribution is -2.60. The standard InChI is InChI=1S/C20H26N2O4/c1-22-8-7-20-11-17(26-4)16(25-3)10-13(20)14(22)9-12-5-6-15(24-2)19(21-23)18(12)20/h5-6,10,13-14,17H,7-9,11H2,1-4H3/t13?,14?,17?,20-/m1/s1. The summed E-state index contributed by atoms with van der Waals surface area (Å²) in [6, 6.07) is 4.35. The highest BCUT2D eigenvalue weighted by Gasteiger charge is 2.56. The second kappa shape index (κ2) is 6.35. The maximum absolute atomic E-state index is 11.8. The number of methoxy groups -OCH3 is 3. The minimum atomic E-state index is -0.175. The van der Waals surface area contributed by atoms with Gasteiger partial charge in [0.15, 0.2) is 5.69 Å². The van der Waals surface area contributed by atoms with E-state index < -0.39 is 0 Å². The predicted molar refractivity (Wildman–Crippen MR) is 98.9 cm³/mol. The number of benzene rings is 1. The molecule has 2 aliphatic carbocycles. The maximum atomic E-state index is 11.8. The van der Waals surface area contributed by atoms with E-state index in [-0.39, 0.29) is 17.4 Å². The Labute approximate surface area is 154 Å². The monoisotopic (exact) mass is 358 g/mol. The summed E-state index contributed by atoms with van der Waals surface area (Å²) in [5, 5.41) is 3.42. The van der Waals surface area contributed by atoms with Gasteiger partial charge in [-0.1, -0.05) is 6.07 Å². The van der Waals surface area contributed by atoms with Gasteiger partial charge in [-0.2, -0.15) is 0 Å². The third-order valence-electron chi connectivity index (χ3n) is 6.73. The molecule has 4 rings (SSSR count). The first-order chi connectivity index (χ1) is 12.6. The van der Waals surface area contributed by atoms with Crippen LogP contribution in [0.2, 0.25) is 0 Å². The lowest BCUT2D eigenvalue weighted by molar-refractivity contribution is -0.0176. The van der Waals surface area contributed by atoms with Crippen LogP contribution in [-0.2, 0) is 21.3 Å². The van der Waals surface area contributed by atoms with Gasteiger partial charge in [0.1, 0.15) is 17.6 Å². The highest BCUT2D eigenvalue weighted by molar-refractivity contribution is 5.66. The molecule has 3 unspecified atom stereocenters. The van der Waals surface area contributed by atoms with Gasteiger partial charge in [-0.15, -0.1) is 4.91 Å². The number of hydrogen-bond acceptors (Lipinski definition) is 6. The van der Waals surface area contributed by atoms with Crippen LogP contribution in [0.4, 0.5) is 5.69 Å². The fourth-order valence-electron chi connectivity index (χ4n) is 5.47. The molecule has 0 radical (unpaired) electrons. The quantitative estimate of drug-likeness (QED) is 0.774. The normalized spacial score (nSPS) is 32.9. The first kappa shape index (κ1) is 17.5. The van der Waals surface area contributed by atoms with Crippen molar-refractivity contribution in [3.05, 3.63) is 40.0 Å². The van der Waals surface area contributed by atoms with E-state index in [1.807, 2.05) is 6.07 Å². The highest BCUT2D eigenvalue weighted by atomic mass is 16.5. The minimum Gasteiger partial charge on any atom is -0.499 e. The maximum Gasteiger partial charge on any atom is 0.153 e. The number of fused-ring (bicyclic) bond motifs is 1. The zero-order valence-electron chi connectivity index (χ0n) is 15.8. The first-order valence-corrected chi connectivity index (χ1v) is 9.12. The number of likely N-dealkylation sites (N-methyl/N-ethyl adjacent to an activating group) is 1. The third kappa shape index (κ3) is 2.25. The number of rotatable bonds is 4. The molecule has 0 N–H and O–H groups in total. The van der Waals surface area contributed by atoms with Crippen LogP contribution in [0.3, 0.4) is 0 Å². The van der Waals surface area contributed by atoms with Crippen molar-refractivity contribution in [2.75, 3.05) is 34.9 Å². The van der Waals surface area contributed by atoms with E-state index in [0.717, 1.165) is 37.1 Å². The molecule has 1 saturated heterocycles. The number of ether oxygens (including phenoxy) is 3. The Hall–Kier alpha value is -1.92. The van der Waals surface area contributed by atoms with E-state index in [9.17, 15) is 4.91 Å². The van der Waals surface area contributed by atoms with E-state index in [1.165, 1.54) is 5.56 Å². The van der Waals surface area contributed by atoms with Gasteiger partial charge in [-0.25, -0.2) is 0 Å². The number of hydrogen-bond donors (Lipinski definition) is 0. The van der Waals surface area contributed by atoms with E-state index in [1.54, 1.807) is 21.3 Å². The van der Waals surface area contributed by atoms with Crippen molar-refractivity contribution in [1.82, 2.24) is 4.90 Å². The van der Waals surface area contributed by atoms with Crippen molar-refractivity contribution in [3.8, 4) is 5.75 Å². The zero-order chi connectivity index (χ0) is 18.5. The lowest BCUT2D eigenvalue weighted by Gasteiger charge is -2.58. The summed E-state index contributed by atoms with van der Waals surface area (Å²) in [4.78, 5) is 14.2. The molecular formula is C20H26N2O4. The summed E-state index contributed by atoms with van der Waals surface area (Å²) in [5.41, 5.74) is 2.56.